The number of benzene rings is 6. The van der Waals surface area contributed by atoms with Gasteiger partial charge in [0.15, 0.2) is 0 Å². The van der Waals surface area contributed by atoms with Crippen molar-refractivity contribution >= 4 is 43.4 Å². The Morgan fingerprint density at radius 2 is 1.12 bits per heavy atom. The number of fused-ring (bicyclic) bond motifs is 12. The molecule has 158 valence electrons. The van der Waals surface area contributed by atoms with Crippen molar-refractivity contribution in [3.8, 4) is 16.8 Å². The maximum absolute atomic E-state index is 2.49. The van der Waals surface area contributed by atoms with E-state index in [1.807, 2.05) is 0 Å². The summed E-state index contributed by atoms with van der Waals surface area (Å²) in [6, 6.07) is 42.2. The summed E-state index contributed by atoms with van der Waals surface area (Å²) in [5.74, 6) is 0. The highest BCUT2D eigenvalue weighted by atomic mass is 15.0. The number of aromatic nitrogens is 1. The first-order valence-corrected chi connectivity index (χ1v) is 11.9. The second-order valence-corrected chi connectivity index (χ2v) is 9.31. The molecule has 0 unspecified atom stereocenters. The average Bonchev–Trinajstić information content (AvgIpc) is 3.45. The Bertz CT molecular complexity index is 1920. The number of nitrogens with zero attached hydrogens (tertiary/aromatic N) is 1. The van der Waals surface area contributed by atoms with Crippen molar-refractivity contribution in [2.45, 2.75) is 6.42 Å². The maximum atomic E-state index is 2.49. The van der Waals surface area contributed by atoms with E-state index < -0.39 is 0 Å². The van der Waals surface area contributed by atoms with Crippen molar-refractivity contribution in [1.82, 2.24) is 4.57 Å². The van der Waals surface area contributed by atoms with E-state index in [2.05, 4.69) is 120 Å². The van der Waals surface area contributed by atoms with Crippen LogP contribution in [0.3, 0.4) is 0 Å². The van der Waals surface area contributed by atoms with Crippen molar-refractivity contribution in [2.24, 2.45) is 0 Å². The molecule has 1 heteroatoms. The fraction of sp³-hybridized carbons (Fsp3) is 0.0303. The van der Waals surface area contributed by atoms with E-state index in [0.29, 0.717) is 0 Å². The summed E-state index contributed by atoms with van der Waals surface area (Å²) in [5, 5.41) is 8.00. The number of para-hydroxylation sites is 1. The SMILES string of the molecule is c1ccc(-n2c3ccc4c(c3c3c5ccccc5c5ccccc5c32)-c2ccccc2C4)cc1. The highest BCUT2D eigenvalue weighted by Gasteiger charge is 2.26. The second kappa shape index (κ2) is 6.59. The van der Waals surface area contributed by atoms with Crippen molar-refractivity contribution in [2.75, 3.05) is 0 Å². The molecule has 1 heterocycles. The third-order valence-electron chi connectivity index (χ3n) is 7.57. The van der Waals surface area contributed by atoms with E-state index >= 15 is 0 Å². The van der Waals surface area contributed by atoms with Crippen LogP contribution in [0.1, 0.15) is 11.1 Å². The molecule has 1 aliphatic rings. The van der Waals surface area contributed by atoms with Crippen LogP contribution in [0.2, 0.25) is 0 Å². The van der Waals surface area contributed by atoms with Crippen molar-refractivity contribution in [3.05, 3.63) is 126 Å². The molecular weight excluding hydrogens is 410 g/mol. The van der Waals surface area contributed by atoms with Crippen LogP contribution in [0.4, 0.5) is 0 Å². The fourth-order valence-electron chi connectivity index (χ4n) is 6.23. The monoisotopic (exact) mass is 431 g/mol. The molecule has 8 rings (SSSR count). The molecule has 34 heavy (non-hydrogen) atoms. The molecule has 1 nitrogen and oxygen atoms in total. The van der Waals surface area contributed by atoms with Gasteiger partial charge in [0, 0.05) is 21.8 Å². The van der Waals surface area contributed by atoms with Gasteiger partial charge in [0.1, 0.15) is 0 Å². The number of hydrogen-bond donors (Lipinski definition) is 0. The van der Waals surface area contributed by atoms with Gasteiger partial charge < -0.3 is 4.57 Å². The minimum absolute atomic E-state index is 1.00. The Kier molecular flexibility index (Phi) is 3.51. The van der Waals surface area contributed by atoms with Crippen LogP contribution in [0, 0.1) is 0 Å². The summed E-state index contributed by atoms with van der Waals surface area (Å²) in [6.07, 6.45) is 1.00. The summed E-state index contributed by atoms with van der Waals surface area (Å²) in [6.45, 7) is 0. The van der Waals surface area contributed by atoms with Crippen LogP contribution in [0.25, 0.3) is 60.2 Å². The molecule has 7 aromatic rings. The molecule has 1 aliphatic carbocycles. The van der Waals surface area contributed by atoms with Crippen LogP contribution in [0.15, 0.2) is 115 Å². The minimum atomic E-state index is 1.00. The van der Waals surface area contributed by atoms with Crippen LogP contribution >= 0.6 is 0 Å². The molecule has 6 aromatic carbocycles. The first-order chi connectivity index (χ1) is 16.9. The summed E-state index contributed by atoms with van der Waals surface area (Å²) in [4.78, 5) is 0. The van der Waals surface area contributed by atoms with Crippen molar-refractivity contribution < 1.29 is 0 Å². The van der Waals surface area contributed by atoms with Crippen LogP contribution in [-0.2, 0) is 6.42 Å². The van der Waals surface area contributed by atoms with Gasteiger partial charge in [-0.1, -0.05) is 97.1 Å². The predicted octanol–water partition coefficient (Wildman–Crippen LogP) is 8.66. The first-order valence-electron chi connectivity index (χ1n) is 11.9. The second-order valence-electron chi connectivity index (χ2n) is 9.31. The molecule has 1 aromatic heterocycles. The number of hydrogen-bond acceptors (Lipinski definition) is 0. The Morgan fingerprint density at radius 1 is 0.471 bits per heavy atom. The molecule has 0 amide bonds. The summed E-state index contributed by atoms with van der Waals surface area (Å²) >= 11 is 0. The molecule has 0 radical (unpaired) electrons. The van der Waals surface area contributed by atoms with Gasteiger partial charge in [-0.25, -0.2) is 0 Å². The molecule has 0 atom stereocenters. The van der Waals surface area contributed by atoms with Gasteiger partial charge in [0.2, 0.25) is 0 Å². The average molecular weight is 432 g/mol. The largest absolute Gasteiger partial charge is 0.309 e. The van der Waals surface area contributed by atoms with Gasteiger partial charge in [0.05, 0.1) is 11.0 Å². The van der Waals surface area contributed by atoms with E-state index in [4.69, 9.17) is 0 Å². The molecule has 0 saturated carbocycles. The van der Waals surface area contributed by atoms with E-state index in [0.717, 1.165) is 6.42 Å². The highest BCUT2D eigenvalue weighted by Crippen LogP contribution is 2.49. The van der Waals surface area contributed by atoms with E-state index in [1.54, 1.807) is 0 Å². The topological polar surface area (TPSA) is 4.93 Å². The van der Waals surface area contributed by atoms with Crippen LogP contribution < -0.4 is 0 Å². The van der Waals surface area contributed by atoms with Gasteiger partial charge in [-0.3, -0.25) is 0 Å². The fourth-order valence-corrected chi connectivity index (χ4v) is 6.23. The molecule has 0 saturated heterocycles. The number of rotatable bonds is 1. The molecule has 0 N–H and O–H groups in total. The van der Waals surface area contributed by atoms with Crippen molar-refractivity contribution in [1.29, 1.82) is 0 Å². The first kappa shape index (κ1) is 18.1. The van der Waals surface area contributed by atoms with Crippen LogP contribution in [0.5, 0.6) is 0 Å². The lowest BCUT2D eigenvalue weighted by molar-refractivity contribution is 1.18. The molecular formula is C33H21N. The van der Waals surface area contributed by atoms with Gasteiger partial charge >= 0.3 is 0 Å². The molecule has 0 spiro atoms. The molecule has 0 aliphatic heterocycles. The summed E-state index contributed by atoms with van der Waals surface area (Å²) in [5.41, 5.74) is 9.43. The van der Waals surface area contributed by atoms with E-state index in [-0.39, 0.29) is 0 Å². The highest BCUT2D eigenvalue weighted by molar-refractivity contribution is 6.34. The zero-order valence-electron chi connectivity index (χ0n) is 18.6. The maximum Gasteiger partial charge on any atom is 0.0626 e. The summed E-state index contributed by atoms with van der Waals surface area (Å²) < 4.78 is 2.49. The van der Waals surface area contributed by atoms with Gasteiger partial charge in [-0.2, -0.15) is 0 Å². The Hall–Kier alpha value is -4.36. The normalized spacial score (nSPS) is 12.6. The Balaban J connectivity index is 1.73. The van der Waals surface area contributed by atoms with E-state index in [1.165, 1.54) is 71.3 Å². The Morgan fingerprint density at radius 3 is 1.94 bits per heavy atom. The molecule has 0 bridgehead atoms. The quantitative estimate of drug-likeness (QED) is 0.229. The van der Waals surface area contributed by atoms with E-state index in [9.17, 15) is 0 Å². The van der Waals surface area contributed by atoms with Crippen molar-refractivity contribution in [3.63, 3.8) is 0 Å². The zero-order chi connectivity index (χ0) is 22.2. The van der Waals surface area contributed by atoms with Gasteiger partial charge in [-0.15, -0.1) is 0 Å². The third kappa shape index (κ3) is 2.24. The lowest BCUT2D eigenvalue weighted by Crippen LogP contribution is -1.94. The minimum Gasteiger partial charge on any atom is -0.309 e. The Labute approximate surface area is 197 Å². The van der Waals surface area contributed by atoms with Crippen LogP contribution in [-0.4, -0.2) is 4.57 Å². The standard InChI is InChI=1S/C33H21N/c1-2-11-23(12-3-1)34-29-19-18-22-20-21-10-4-5-13-24(21)30(22)32(29)31-27-16-8-6-14-25(27)26-15-7-9-17-28(26)33(31)34/h1-19H,20H2. The smallest absolute Gasteiger partial charge is 0.0626 e. The predicted molar refractivity (Wildman–Crippen MR) is 144 cm³/mol. The summed E-state index contributed by atoms with van der Waals surface area (Å²) in [7, 11) is 0. The van der Waals surface area contributed by atoms with Gasteiger partial charge in [0.25, 0.3) is 0 Å². The lowest BCUT2D eigenvalue weighted by Gasteiger charge is -2.12. The zero-order valence-corrected chi connectivity index (χ0v) is 18.6. The molecule has 0 fully saturated rings. The lowest BCUT2D eigenvalue weighted by atomic mass is 9.93. The van der Waals surface area contributed by atoms with Gasteiger partial charge in [-0.05, 0) is 63.0 Å². The third-order valence-corrected chi connectivity index (χ3v) is 7.57.